The van der Waals surface area contributed by atoms with Crippen molar-refractivity contribution >= 4 is 40.2 Å². The second kappa shape index (κ2) is 12.9. The molecule has 0 atom stereocenters. The molecule has 0 aliphatic carbocycles. The number of hydrogen-bond donors (Lipinski definition) is 1. The number of aliphatic imine (C=N–C) groups is 1. The van der Waals surface area contributed by atoms with E-state index >= 15 is 0 Å². The number of urea groups is 1. The van der Waals surface area contributed by atoms with E-state index in [0.29, 0.717) is 11.4 Å². The van der Waals surface area contributed by atoms with E-state index in [1.54, 1.807) is 18.2 Å². The van der Waals surface area contributed by atoms with Gasteiger partial charge in [0.25, 0.3) is 0 Å². The monoisotopic (exact) mass is 679 g/mol. The van der Waals surface area contributed by atoms with E-state index in [4.69, 9.17) is 4.74 Å². The smallest absolute Gasteiger partial charge is 0.497 e. The molecule has 0 saturated carbocycles. The number of benzene rings is 2. The molecule has 3 heterocycles. The molecule has 246 valence electrons. The molecule has 4 aromatic rings. The number of anilines is 2. The fourth-order valence-corrected chi connectivity index (χ4v) is 5.34. The summed E-state index contributed by atoms with van der Waals surface area (Å²) in [6.07, 6.45) is -7.94. The first-order valence-electron chi connectivity index (χ1n) is 13.5. The van der Waals surface area contributed by atoms with Gasteiger partial charge in [0.2, 0.25) is 5.91 Å². The van der Waals surface area contributed by atoms with Gasteiger partial charge in [-0.15, -0.1) is 18.3 Å². The number of carbonyl (C=O) groups excluding carboxylic acids is 2. The number of ether oxygens (including phenoxy) is 2. The fourth-order valence-electron chi connectivity index (χ4n) is 4.48. The van der Waals surface area contributed by atoms with Crippen LogP contribution in [0.5, 0.6) is 11.5 Å². The molecule has 0 unspecified atom stereocenters. The van der Waals surface area contributed by atoms with Gasteiger partial charge in [0.05, 0.1) is 36.0 Å². The summed E-state index contributed by atoms with van der Waals surface area (Å²) in [6, 6.07) is 9.07. The van der Waals surface area contributed by atoms with Gasteiger partial charge in [0.15, 0.2) is 16.8 Å². The van der Waals surface area contributed by atoms with Crippen LogP contribution in [0.2, 0.25) is 0 Å². The Kier molecular flexibility index (Phi) is 9.15. The van der Waals surface area contributed by atoms with Gasteiger partial charge in [-0.2, -0.15) is 18.2 Å². The summed E-state index contributed by atoms with van der Waals surface area (Å²) in [5.74, 6) is -0.699. The number of rotatable bonds is 7. The third kappa shape index (κ3) is 7.65. The second-order valence-corrected chi connectivity index (χ2v) is 11.0. The number of nitrogens with zero attached hydrogens (tertiary/aromatic N) is 6. The van der Waals surface area contributed by atoms with Crippen molar-refractivity contribution in [3.8, 4) is 28.7 Å². The standard InChI is InChI=1S/C29H23F6N7O4S/c1-15(2)19-7-5-17(45-3)11-22(19)42-24(43)13-47-27(42)39-26(44)38-21-8-4-16(10-20(21)28(30,31)32)25-37-14-41(40-25)23-9-6-18(12-36-23)46-29(33,34)35/h4-12,14-15H,13H2,1-3H3,(H,38,44)/b39-27-. The van der Waals surface area contributed by atoms with E-state index in [2.05, 4.69) is 30.1 Å². The lowest BCUT2D eigenvalue weighted by atomic mass is 10.00. The van der Waals surface area contributed by atoms with E-state index in [1.807, 2.05) is 13.8 Å². The van der Waals surface area contributed by atoms with E-state index in [0.717, 1.165) is 58.8 Å². The Morgan fingerprint density at radius 3 is 2.40 bits per heavy atom. The normalized spacial score (nSPS) is 14.6. The molecule has 0 spiro atoms. The minimum atomic E-state index is -4.93. The zero-order valence-corrected chi connectivity index (χ0v) is 25.4. The van der Waals surface area contributed by atoms with Crippen molar-refractivity contribution < 1.29 is 45.4 Å². The van der Waals surface area contributed by atoms with Crippen LogP contribution in [-0.2, 0) is 11.0 Å². The Morgan fingerprint density at radius 2 is 1.77 bits per heavy atom. The maximum atomic E-state index is 14.1. The first kappa shape index (κ1) is 33.2. The maximum absolute atomic E-state index is 14.1. The molecule has 1 aliphatic rings. The van der Waals surface area contributed by atoms with Crippen molar-refractivity contribution in [3.05, 3.63) is 72.2 Å². The number of nitrogens with one attached hydrogen (secondary N) is 1. The number of aromatic nitrogens is 4. The SMILES string of the molecule is COc1ccc(C(C)C)c(N2C(=O)CS/C2=N\C(=O)Nc2ccc(-c3ncn(-c4ccc(OC(F)(F)F)cn4)n3)cc2C(F)(F)F)c1. The van der Waals surface area contributed by atoms with Crippen molar-refractivity contribution in [3.63, 3.8) is 0 Å². The Labute approximate surface area is 266 Å². The number of amides is 3. The van der Waals surface area contributed by atoms with Crippen molar-refractivity contribution in [1.82, 2.24) is 19.7 Å². The molecule has 5 rings (SSSR count). The van der Waals surface area contributed by atoms with Gasteiger partial charge in [-0.25, -0.2) is 19.4 Å². The average Bonchev–Trinajstić information content (AvgIpc) is 3.63. The molecule has 1 saturated heterocycles. The molecule has 1 N–H and O–H groups in total. The van der Waals surface area contributed by atoms with Crippen molar-refractivity contribution in [2.45, 2.75) is 32.3 Å². The van der Waals surface area contributed by atoms with Gasteiger partial charge in [-0.05, 0) is 47.9 Å². The molecule has 2 aromatic carbocycles. The first-order chi connectivity index (χ1) is 22.1. The lowest BCUT2D eigenvalue weighted by Crippen LogP contribution is -2.31. The number of amidine groups is 1. The van der Waals surface area contributed by atoms with Gasteiger partial charge in [0.1, 0.15) is 17.8 Å². The lowest BCUT2D eigenvalue weighted by Gasteiger charge is -2.22. The van der Waals surface area contributed by atoms with Crippen LogP contribution in [0.1, 0.15) is 30.9 Å². The third-order valence-corrected chi connectivity index (χ3v) is 7.49. The van der Waals surface area contributed by atoms with Crippen LogP contribution in [0, 0.1) is 0 Å². The molecular weight excluding hydrogens is 656 g/mol. The Bertz CT molecular complexity index is 1840. The molecule has 18 heteroatoms. The number of methoxy groups -OCH3 is 1. The summed E-state index contributed by atoms with van der Waals surface area (Å²) in [7, 11) is 1.46. The van der Waals surface area contributed by atoms with E-state index in [9.17, 15) is 35.9 Å². The van der Waals surface area contributed by atoms with Gasteiger partial charge in [-0.3, -0.25) is 9.69 Å². The molecule has 11 nitrogen and oxygen atoms in total. The van der Waals surface area contributed by atoms with E-state index < -0.39 is 35.6 Å². The van der Waals surface area contributed by atoms with E-state index in [1.165, 1.54) is 18.1 Å². The number of halogens is 6. The molecule has 3 amide bonds. The fraction of sp³-hybridized carbons (Fsp3) is 0.241. The highest BCUT2D eigenvalue weighted by Gasteiger charge is 2.36. The van der Waals surface area contributed by atoms with Crippen LogP contribution in [0.15, 0.2) is 66.0 Å². The van der Waals surface area contributed by atoms with Crippen molar-refractivity contribution in [1.29, 1.82) is 0 Å². The zero-order chi connectivity index (χ0) is 34.1. The van der Waals surface area contributed by atoms with Gasteiger partial charge in [0, 0.05) is 11.6 Å². The summed E-state index contributed by atoms with van der Waals surface area (Å²) in [4.78, 5) is 38.7. The van der Waals surface area contributed by atoms with Crippen LogP contribution in [-0.4, -0.2) is 56.1 Å². The van der Waals surface area contributed by atoms with Gasteiger partial charge >= 0.3 is 18.6 Å². The summed E-state index contributed by atoms with van der Waals surface area (Å²) < 4.78 is 89.8. The molecule has 0 radical (unpaired) electrons. The number of carbonyl (C=O) groups is 2. The molecular formula is C29H23F6N7O4S. The highest BCUT2D eigenvalue weighted by atomic mass is 32.2. The molecule has 1 fully saturated rings. The number of thioether (sulfide) groups is 1. The van der Waals surface area contributed by atoms with E-state index in [-0.39, 0.29) is 40.0 Å². The minimum absolute atomic E-state index is 0.0177. The van der Waals surface area contributed by atoms with Gasteiger partial charge in [-0.1, -0.05) is 31.7 Å². The topological polar surface area (TPSA) is 124 Å². The third-order valence-electron chi connectivity index (χ3n) is 6.57. The average molecular weight is 680 g/mol. The van der Waals surface area contributed by atoms with Crippen LogP contribution in [0.4, 0.5) is 42.5 Å². The largest absolute Gasteiger partial charge is 0.573 e. The quantitative estimate of drug-likeness (QED) is 0.206. The summed E-state index contributed by atoms with van der Waals surface area (Å²) in [5.41, 5.74) is -0.714. The number of alkyl halides is 6. The minimum Gasteiger partial charge on any atom is -0.497 e. The summed E-state index contributed by atoms with van der Waals surface area (Å²) in [6.45, 7) is 3.83. The molecule has 1 aliphatic heterocycles. The molecule has 0 bridgehead atoms. The summed E-state index contributed by atoms with van der Waals surface area (Å²) in [5, 5.41) is 6.20. The Hall–Kier alpha value is -5.13. The zero-order valence-electron chi connectivity index (χ0n) is 24.6. The number of hydrogen-bond acceptors (Lipinski definition) is 8. The Balaban J connectivity index is 1.39. The van der Waals surface area contributed by atoms with Crippen LogP contribution >= 0.6 is 11.8 Å². The van der Waals surface area contributed by atoms with Crippen LogP contribution in [0.25, 0.3) is 17.2 Å². The first-order valence-corrected chi connectivity index (χ1v) is 14.5. The molecule has 2 aromatic heterocycles. The molecule has 47 heavy (non-hydrogen) atoms. The Morgan fingerprint density at radius 1 is 1.02 bits per heavy atom. The second-order valence-electron chi connectivity index (χ2n) is 10.1. The number of pyridine rings is 1. The highest BCUT2D eigenvalue weighted by molar-refractivity contribution is 8.15. The van der Waals surface area contributed by atoms with Crippen LogP contribution < -0.4 is 19.7 Å². The highest BCUT2D eigenvalue weighted by Crippen LogP contribution is 2.38. The van der Waals surface area contributed by atoms with Crippen molar-refractivity contribution in [2.24, 2.45) is 4.99 Å². The van der Waals surface area contributed by atoms with Crippen molar-refractivity contribution in [2.75, 3.05) is 23.1 Å². The van der Waals surface area contributed by atoms with Crippen LogP contribution in [0.3, 0.4) is 0 Å². The summed E-state index contributed by atoms with van der Waals surface area (Å²) >= 11 is 0.961. The maximum Gasteiger partial charge on any atom is 0.573 e. The predicted molar refractivity (Wildman–Crippen MR) is 160 cm³/mol. The predicted octanol–water partition coefficient (Wildman–Crippen LogP) is 7.05. The van der Waals surface area contributed by atoms with Gasteiger partial charge < -0.3 is 14.8 Å². The lowest BCUT2D eigenvalue weighted by molar-refractivity contribution is -0.274.